The van der Waals surface area contributed by atoms with Crippen molar-refractivity contribution in [1.29, 1.82) is 0 Å². The van der Waals surface area contributed by atoms with E-state index in [0.29, 0.717) is 31.8 Å². The molecule has 14 heteroatoms. The first-order valence-corrected chi connectivity index (χ1v) is 12.8. The largest absolute Gasteiger partial charge is 0.473 e. The molecule has 1 saturated heterocycles. The van der Waals surface area contributed by atoms with Crippen molar-refractivity contribution in [2.24, 2.45) is 0 Å². The number of aromatic nitrogens is 2. The Hall–Kier alpha value is -3.03. The molecular weight excluding hydrogens is 504 g/mol. The smallest absolute Gasteiger partial charge is 0.414 e. The van der Waals surface area contributed by atoms with Crippen molar-refractivity contribution < 1.29 is 37.5 Å². The number of aryl methyl sites for hydroxylation is 1. The third-order valence-corrected chi connectivity index (χ3v) is 7.13. The molecule has 2 aromatic heterocycles. The normalized spacial score (nSPS) is 14.0. The van der Waals surface area contributed by atoms with Gasteiger partial charge in [-0.3, -0.25) is 9.78 Å². The summed E-state index contributed by atoms with van der Waals surface area (Å²) >= 11 is 5.74. The number of carbonyl (C=O) groups excluding carboxylic acids is 1. The van der Waals surface area contributed by atoms with Gasteiger partial charge in [0.2, 0.25) is 15.9 Å². The van der Waals surface area contributed by atoms with Gasteiger partial charge in [0.05, 0.1) is 5.75 Å². The molecule has 1 aliphatic heterocycles. The van der Waals surface area contributed by atoms with Crippen molar-refractivity contribution in [2.75, 3.05) is 25.4 Å². The number of carbonyl (C=O) groups is 3. The van der Waals surface area contributed by atoms with Gasteiger partial charge in [0.15, 0.2) is 5.15 Å². The molecule has 1 aliphatic rings. The highest BCUT2D eigenvalue weighted by molar-refractivity contribution is 7.89. The van der Waals surface area contributed by atoms with Gasteiger partial charge in [0, 0.05) is 57.5 Å². The second kappa shape index (κ2) is 13.8. The van der Waals surface area contributed by atoms with Crippen LogP contribution in [0.4, 0.5) is 0 Å². The zero-order valence-corrected chi connectivity index (χ0v) is 20.4. The third kappa shape index (κ3) is 10.0. The van der Waals surface area contributed by atoms with Gasteiger partial charge in [-0.2, -0.15) is 0 Å². The summed E-state index contributed by atoms with van der Waals surface area (Å²) in [5, 5.41) is 18.6. The molecule has 2 aromatic rings. The van der Waals surface area contributed by atoms with E-state index in [1.165, 1.54) is 0 Å². The van der Waals surface area contributed by atoms with Crippen LogP contribution >= 0.6 is 11.6 Å². The van der Waals surface area contributed by atoms with Gasteiger partial charge in [-0.25, -0.2) is 22.3 Å². The van der Waals surface area contributed by atoms with Crippen LogP contribution < -0.4 is 0 Å². The Morgan fingerprint density at radius 1 is 1.09 bits per heavy atom. The van der Waals surface area contributed by atoms with Gasteiger partial charge in [-0.1, -0.05) is 23.2 Å². The maximum absolute atomic E-state index is 12.8. The Bertz CT molecular complexity index is 1080. The second-order valence-corrected chi connectivity index (χ2v) is 10.1. The maximum Gasteiger partial charge on any atom is 0.414 e. The number of nitrogens with zero attached hydrogens (tertiary/aromatic N) is 4. The monoisotopic (exact) mass is 530 g/mol. The zero-order valence-electron chi connectivity index (χ0n) is 18.9. The first-order valence-electron chi connectivity index (χ1n) is 10.8. The standard InChI is InChI=1S/C19H25ClN4O4S.C2H2O4/c20-18-14-17(28-22-18)4-5-19(25)23(15-16-6-8-21-9-7-16)12-13-29(26,27)24-10-2-1-3-11-24;3-1(4)2(5)6/h6-9,14H,1-5,10-13,15H2;(H,3,4)(H,5,6). The van der Waals surface area contributed by atoms with Crippen LogP contribution in [0.1, 0.15) is 37.0 Å². The van der Waals surface area contributed by atoms with E-state index in [1.54, 1.807) is 27.7 Å². The fourth-order valence-electron chi connectivity index (χ4n) is 3.29. The molecule has 1 fully saturated rings. The highest BCUT2D eigenvalue weighted by atomic mass is 35.5. The van der Waals surface area contributed by atoms with Crippen molar-refractivity contribution >= 4 is 39.5 Å². The van der Waals surface area contributed by atoms with Crippen LogP contribution in [0.5, 0.6) is 0 Å². The molecule has 12 nitrogen and oxygen atoms in total. The highest BCUT2D eigenvalue weighted by Gasteiger charge is 2.26. The van der Waals surface area contributed by atoms with E-state index in [1.807, 2.05) is 12.1 Å². The van der Waals surface area contributed by atoms with Crippen molar-refractivity contribution in [3.05, 3.63) is 47.1 Å². The number of halogens is 1. The number of sulfonamides is 1. The van der Waals surface area contributed by atoms with E-state index in [-0.39, 0.29) is 29.8 Å². The van der Waals surface area contributed by atoms with Crippen molar-refractivity contribution in [1.82, 2.24) is 19.3 Å². The molecule has 0 unspecified atom stereocenters. The summed E-state index contributed by atoms with van der Waals surface area (Å²) in [4.78, 5) is 36.6. The molecule has 0 radical (unpaired) electrons. The number of aliphatic carboxylic acids is 2. The highest BCUT2D eigenvalue weighted by Crippen LogP contribution is 2.16. The summed E-state index contributed by atoms with van der Waals surface area (Å²) in [6, 6.07) is 5.20. The summed E-state index contributed by atoms with van der Waals surface area (Å²) in [7, 11) is -3.39. The van der Waals surface area contributed by atoms with Crippen molar-refractivity contribution in [3.8, 4) is 0 Å². The molecule has 0 aromatic carbocycles. The number of pyridine rings is 1. The van der Waals surface area contributed by atoms with Crippen LogP contribution in [-0.2, 0) is 37.4 Å². The summed E-state index contributed by atoms with van der Waals surface area (Å²) < 4.78 is 32.0. The molecule has 35 heavy (non-hydrogen) atoms. The number of piperidine rings is 1. The van der Waals surface area contributed by atoms with E-state index < -0.39 is 22.0 Å². The summed E-state index contributed by atoms with van der Waals surface area (Å²) in [5.74, 6) is -3.36. The average molecular weight is 531 g/mol. The Morgan fingerprint density at radius 2 is 1.71 bits per heavy atom. The van der Waals surface area contributed by atoms with Crippen LogP contribution in [0.15, 0.2) is 35.1 Å². The number of rotatable bonds is 9. The van der Waals surface area contributed by atoms with Crippen LogP contribution in [0.2, 0.25) is 5.15 Å². The van der Waals surface area contributed by atoms with Crippen molar-refractivity contribution in [2.45, 2.75) is 38.6 Å². The van der Waals surface area contributed by atoms with E-state index in [9.17, 15) is 13.2 Å². The molecule has 1 amide bonds. The van der Waals surface area contributed by atoms with Crippen LogP contribution in [0, 0.1) is 0 Å². The maximum atomic E-state index is 12.8. The average Bonchev–Trinajstić information content (AvgIpc) is 3.26. The number of carboxylic acids is 2. The lowest BCUT2D eigenvalue weighted by Gasteiger charge is -2.28. The van der Waals surface area contributed by atoms with Gasteiger partial charge in [-0.15, -0.1) is 0 Å². The fraction of sp³-hybridized carbons (Fsp3) is 0.476. The van der Waals surface area contributed by atoms with E-state index in [4.69, 9.17) is 35.9 Å². The minimum absolute atomic E-state index is 0.0854. The Kier molecular flexibility index (Phi) is 11.1. The summed E-state index contributed by atoms with van der Waals surface area (Å²) in [6.07, 6.45) is 6.67. The van der Waals surface area contributed by atoms with Gasteiger partial charge >= 0.3 is 11.9 Å². The SMILES string of the molecule is O=C(CCc1cc(Cl)no1)N(CCS(=O)(=O)N1CCCCC1)Cc1ccncc1.O=C(O)C(=O)O. The van der Waals surface area contributed by atoms with Crippen LogP contribution in [0.3, 0.4) is 0 Å². The molecule has 2 N–H and O–H groups in total. The molecular formula is C21H27ClN4O8S. The van der Waals surface area contributed by atoms with E-state index in [2.05, 4.69) is 10.1 Å². The molecule has 0 bridgehead atoms. The van der Waals surface area contributed by atoms with Gasteiger partial charge < -0.3 is 19.6 Å². The van der Waals surface area contributed by atoms with Gasteiger partial charge in [0.25, 0.3) is 0 Å². The minimum Gasteiger partial charge on any atom is -0.473 e. The molecule has 0 atom stereocenters. The molecule has 0 spiro atoms. The number of amides is 1. The van der Waals surface area contributed by atoms with Gasteiger partial charge in [-0.05, 0) is 30.5 Å². The lowest BCUT2D eigenvalue weighted by Crippen LogP contribution is -2.41. The predicted molar refractivity (Wildman–Crippen MR) is 124 cm³/mol. The molecule has 0 saturated carbocycles. The lowest BCUT2D eigenvalue weighted by atomic mass is 10.2. The first-order chi connectivity index (χ1) is 16.6. The second-order valence-electron chi connectivity index (χ2n) is 7.67. The minimum atomic E-state index is -3.39. The molecule has 192 valence electrons. The molecule has 3 rings (SSSR count). The summed E-state index contributed by atoms with van der Waals surface area (Å²) in [6.45, 7) is 1.59. The summed E-state index contributed by atoms with van der Waals surface area (Å²) in [5.41, 5.74) is 0.895. The molecule has 3 heterocycles. The Balaban J connectivity index is 0.000000641. The first kappa shape index (κ1) is 28.2. The third-order valence-electron chi connectivity index (χ3n) is 5.10. The topological polar surface area (TPSA) is 171 Å². The van der Waals surface area contributed by atoms with Crippen molar-refractivity contribution in [3.63, 3.8) is 0 Å². The van der Waals surface area contributed by atoms with E-state index in [0.717, 1.165) is 24.8 Å². The lowest BCUT2D eigenvalue weighted by molar-refractivity contribution is -0.159. The number of hydrogen-bond donors (Lipinski definition) is 2. The fourth-order valence-corrected chi connectivity index (χ4v) is 4.97. The zero-order chi connectivity index (χ0) is 25.8. The van der Waals surface area contributed by atoms with Gasteiger partial charge in [0.1, 0.15) is 5.76 Å². The Labute approximate surface area is 207 Å². The molecule has 0 aliphatic carbocycles. The quantitative estimate of drug-likeness (QED) is 0.454. The van der Waals surface area contributed by atoms with E-state index >= 15 is 0 Å². The number of hydrogen-bond acceptors (Lipinski definition) is 8. The Morgan fingerprint density at radius 3 is 2.26 bits per heavy atom. The number of carboxylic acid groups (broad SMARTS) is 2. The van der Waals surface area contributed by atoms with Crippen LogP contribution in [-0.4, -0.2) is 81.2 Å². The van der Waals surface area contributed by atoms with Crippen LogP contribution in [0.25, 0.3) is 0 Å². The predicted octanol–water partition coefficient (Wildman–Crippen LogP) is 1.66.